The number of amides is 1. The number of hydrogen-bond acceptors (Lipinski definition) is 6. The van der Waals surface area contributed by atoms with Crippen LogP contribution in [0, 0.1) is 0 Å². The van der Waals surface area contributed by atoms with Crippen LogP contribution in [-0.2, 0) is 17.8 Å². The summed E-state index contributed by atoms with van der Waals surface area (Å²) < 4.78 is 0. The Bertz CT molecular complexity index is 1090. The summed E-state index contributed by atoms with van der Waals surface area (Å²) in [6, 6.07) is 20.2. The molecule has 1 amide bonds. The first-order chi connectivity index (χ1) is 14.6. The highest BCUT2D eigenvalue weighted by atomic mass is 16.3. The fraction of sp³-hybridized carbons (Fsp3) is 0.130. The van der Waals surface area contributed by atoms with Gasteiger partial charge < -0.3 is 16.2 Å². The van der Waals surface area contributed by atoms with E-state index in [1.165, 1.54) is 0 Å². The van der Waals surface area contributed by atoms with E-state index in [-0.39, 0.29) is 5.75 Å². The lowest BCUT2D eigenvalue weighted by Gasteiger charge is -2.11. The molecule has 2 aromatic carbocycles. The van der Waals surface area contributed by atoms with Gasteiger partial charge in [-0.05, 0) is 35.4 Å². The number of carbonyl (C=O) groups is 1. The number of nitrogens with zero attached hydrogens (tertiary/aromatic N) is 3. The molecule has 3 aromatic rings. The minimum Gasteiger partial charge on any atom is -0.508 e. The molecule has 1 aliphatic rings. The first kappa shape index (κ1) is 19.3. The van der Waals surface area contributed by atoms with Gasteiger partial charge in [0, 0.05) is 24.7 Å². The quantitative estimate of drug-likeness (QED) is 0.565. The van der Waals surface area contributed by atoms with Crippen LogP contribution in [0.15, 0.2) is 94.5 Å². The molecule has 1 atom stereocenters. The lowest BCUT2D eigenvalue weighted by molar-refractivity contribution is -0.114. The Labute approximate surface area is 174 Å². The van der Waals surface area contributed by atoms with E-state index in [1.54, 1.807) is 30.5 Å². The molecule has 0 radical (unpaired) electrons. The molecule has 0 spiro atoms. The summed E-state index contributed by atoms with van der Waals surface area (Å²) in [6.45, 7) is 0.441. The van der Waals surface area contributed by atoms with Gasteiger partial charge in [-0.15, -0.1) is 5.11 Å². The minimum absolute atomic E-state index is 0.200. The number of phenolic OH excluding ortho intramolecular Hbond substituents is 1. The number of rotatable bonds is 7. The summed E-state index contributed by atoms with van der Waals surface area (Å²) in [5, 5.41) is 20.9. The highest BCUT2D eigenvalue weighted by molar-refractivity contribution is 5.94. The molecule has 0 fully saturated rings. The van der Waals surface area contributed by atoms with Crippen LogP contribution < -0.4 is 11.1 Å². The molecular weight excluding hydrogens is 378 g/mol. The van der Waals surface area contributed by atoms with Gasteiger partial charge in [0.15, 0.2) is 5.82 Å². The van der Waals surface area contributed by atoms with Crippen molar-refractivity contribution in [3.63, 3.8) is 0 Å². The Morgan fingerprint density at radius 2 is 1.73 bits per heavy atom. The summed E-state index contributed by atoms with van der Waals surface area (Å²) in [5.74, 6) is 0.0551. The van der Waals surface area contributed by atoms with Crippen molar-refractivity contribution in [1.82, 2.24) is 10.3 Å². The van der Waals surface area contributed by atoms with Crippen LogP contribution in [0.25, 0.3) is 11.3 Å². The number of phenols is 1. The summed E-state index contributed by atoms with van der Waals surface area (Å²) >= 11 is 0. The van der Waals surface area contributed by atoms with Crippen molar-refractivity contribution in [1.29, 1.82) is 0 Å². The van der Waals surface area contributed by atoms with Crippen molar-refractivity contribution in [2.75, 3.05) is 0 Å². The molecule has 0 saturated carbocycles. The van der Waals surface area contributed by atoms with Crippen molar-refractivity contribution in [2.24, 2.45) is 16.0 Å². The van der Waals surface area contributed by atoms with Crippen LogP contribution in [-0.4, -0.2) is 22.0 Å². The normalized spacial score (nSPS) is 15.4. The number of aromatic nitrogens is 1. The molecule has 1 unspecified atom stereocenters. The largest absolute Gasteiger partial charge is 0.508 e. The van der Waals surface area contributed by atoms with E-state index < -0.39 is 11.9 Å². The first-order valence-electron chi connectivity index (χ1n) is 9.57. The zero-order chi connectivity index (χ0) is 20.9. The maximum Gasteiger partial charge on any atom is 0.250 e. The van der Waals surface area contributed by atoms with E-state index in [4.69, 9.17) is 5.73 Å². The fourth-order valence-electron chi connectivity index (χ4n) is 3.32. The number of aromatic hydroxyl groups is 1. The molecule has 0 saturated heterocycles. The van der Waals surface area contributed by atoms with Gasteiger partial charge in [0.25, 0.3) is 5.91 Å². The minimum atomic E-state index is -0.539. The van der Waals surface area contributed by atoms with Gasteiger partial charge in [0.1, 0.15) is 11.8 Å². The molecular formula is C23H21N5O2. The Hall–Kier alpha value is -4.00. The van der Waals surface area contributed by atoms with Crippen molar-refractivity contribution >= 4 is 5.91 Å². The molecule has 0 aliphatic carbocycles. The maximum atomic E-state index is 12.1. The maximum absolute atomic E-state index is 12.1. The SMILES string of the molecule is NC(=O)C1=C(NCc2ccc(O)cc2)N=NC1Cc1ccc(-c2ccccn2)cc1. The zero-order valence-corrected chi connectivity index (χ0v) is 16.2. The van der Waals surface area contributed by atoms with Gasteiger partial charge in [-0.3, -0.25) is 9.78 Å². The fourth-order valence-corrected chi connectivity index (χ4v) is 3.32. The van der Waals surface area contributed by atoms with Crippen LogP contribution in [0.3, 0.4) is 0 Å². The Morgan fingerprint density at radius 1 is 1.00 bits per heavy atom. The van der Waals surface area contributed by atoms with Gasteiger partial charge in [0.2, 0.25) is 0 Å². The number of primary amides is 1. The Morgan fingerprint density at radius 3 is 2.40 bits per heavy atom. The summed E-state index contributed by atoms with van der Waals surface area (Å²) in [5.41, 5.74) is 9.89. The third kappa shape index (κ3) is 4.35. The predicted octanol–water partition coefficient (Wildman–Crippen LogP) is 3.32. The van der Waals surface area contributed by atoms with Crippen LogP contribution in [0.4, 0.5) is 0 Å². The van der Waals surface area contributed by atoms with Gasteiger partial charge >= 0.3 is 0 Å². The molecule has 4 N–H and O–H groups in total. The summed E-state index contributed by atoms with van der Waals surface area (Å²) in [6.07, 6.45) is 2.29. The average Bonchev–Trinajstić information content (AvgIpc) is 3.17. The lowest BCUT2D eigenvalue weighted by atomic mass is 9.98. The molecule has 7 heteroatoms. The van der Waals surface area contributed by atoms with Gasteiger partial charge in [0.05, 0.1) is 11.3 Å². The monoisotopic (exact) mass is 399 g/mol. The molecule has 1 aromatic heterocycles. The van der Waals surface area contributed by atoms with Crippen molar-refractivity contribution in [3.05, 3.63) is 95.4 Å². The molecule has 2 heterocycles. The average molecular weight is 399 g/mol. The van der Waals surface area contributed by atoms with Gasteiger partial charge in [-0.1, -0.05) is 42.5 Å². The number of nitrogens with one attached hydrogen (secondary N) is 1. The van der Waals surface area contributed by atoms with Crippen LogP contribution in [0.1, 0.15) is 11.1 Å². The van der Waals surface area contributed by atoms with E-state index in [2.05, 4.69) is 20.5 Å². The van der Waals surface area contributed by atoms with Crippen molar-refractivity contribution < 1.29 is 9.90 Å². The van der Waals surface area contributed by atoms with Crippen molar-refractivity contribution in [2.45, 2.75) is 19.0 Å². The van der Waals surface area contributed by atoms with E-state index >= 15 is 0 Å². The number of hydrogen-bond donors (Lipinski definition) is 3. The summed E-state index contributed by atoms with van der Waals surface area (Å²) in [7, 11) is 0. The Balaban J connectivity index is 1.46. The standard InChI is InChI=1S/C23H21N5O2/c24-22(30)21-20(27-28-23(21)26-14-16-6-10-18(29)11-7-16)13-15-4-8-17(9-5-15)19-3-1-2-12-25-19/h1-12,20,26,29H,13-14H2,(H2,24,30). The molecule has 4 rings (SSSR count). The lowest BCUT2D eigenvalue weighted by Crippen LogP contribution is -2.26. The third-order valence-electron chi connectivity index (χ3n) is 4.89. The number of nitrogens with two attached hydrogens (primary N) is 1. The first-order valence-corrected chi connectivity index (χ1v) is 9.57. The van der Waals surface area contributed by atoms with E-state index in [0.717, 1.165) is 22.4 Å². The number of azo groups is 1. The third-order valence-corrected chi connectivity index (χ3v) is 4.89. The van der Waals surface area contributed by atoms with Crippen LogP contribution >= 0.6 is 0 Å². The van der Waals surface area contributed by atoms with Crippen LogP contribution in [0.2, 0.25) is 0 Å². The highest BCUT2D eigenvalue weighted by Gasteiger charge is 2.28. The second-order valence-electron chi connectivity index (χ2n) is 6.99. The second kappa shape index (κ2) is 8.57. The summed E-state index contributed by atoms with van der Waals surface area (Å²) in [4.78, 5) is 16.4. The highest BCUT2D eigenvalue weighted by Crippen LogP contribution is 2.25. The Kier molecular flexibility index (Phi) is 5.52. The van der Waals surface area contributed by atoms with Crippen LogP contribution in [0.5, 0.6) is 5.75 Å². The smallest absolute Gasteiger partial charge is 0.250 e. The molecule has 150 valence electrons. The predicted molar refractivity (Wildman–Crippen MR) is 113 cm³/mol. The molecule has 7 nitrogen and oxygen atoms in total. The number of pyridine rings is 1. The van der Waals surface area contributed by atoms with E-state index in [9.17, 15) is 9.90 Å². The molecule has 0 bridgehead atoms. The van der Waals surface area contributed by atoms with Gasteiger partial charge in [-0.25, -0.2) is 0 Å². The van der Waals surface area contributed by atoms with E-state index in [1.807, 2.05) is 42.5 Å². The second-order valence-corrected chi connectivity index (χ2v) is 6.99. The van der Waals surface area contributed by atoms with Crippen molar-refractivity contribution in [3.8, 4) is 17.0 Å². The molecule has 30 heavy (non-hydrogen) atoms. The topological polar surface area (TPSA) is 113 Å². The van der Waals surface area contributed by atoms with E-state index in [0.29, 0.717) is 24.4 Å². The zero-order valence-electron chi connectivity index (χ0n) is 16.2. The van der Waals surface area contributed by atoms with Gasteiger partial charge in [-0.2, -0.15) is 5.11 Å². The molecule has 1 aliphatic heterocycles. The number of benzene rings is 2. The number of carbonyl (C=O) groups excluding carboxylic acids is 1.